The van der Waals surface area contributed by atoms with E-state index < -0.39 is 0 Å². The highest BCUT2D eigenvalue weighted by molar-refractivity contribution is 6.20. The molecule has 100 valence electrons. The van der Waals surface area contributed by atoms with E-state index in [4.69, 9.17) is 11.6 Å². The molecule has 2 rings (SSSR count). The quantitative estimate of drug-likeness (QED) is 0.605. The van der Waals surface area contributed by atoms with E-state index in [0.29, 0.717) is 5.38 Å². The lowest BCUT2D eigenvalue weighted by atomic mass is 9.89. The van der Waals surface area contributed by atoms with Crippen molar-refractivity contribution in [2.45, 2.75) is 43.9 Å². The second-order valence-corrected chi connectivity index (χ2v) is 6.03. The van der Waals surface area contributed by atoms with Gasteiger partial charge in [0.25, 0.3) is 0 Å². The number of hydrogen-bond acceptors (Lipinski definition) is 1. The lowest BCUT2D eigenvalue weighted by molar-refractivity contribution is 0.346. The standard InChI is InChI=1S/C16H24ClN/c17-16-10-8-15(9-11-16)13-18-12-4-7-14-5-2-1-3-6-14/h1-3,5-6,15-16,18H,4,7-13H2. The minimum atomic E-state index is 0.444. The molecule has 2 heteroatoms. The summed E-state index contributed by atoms with van der Waals surface area (Å²) in [6.07, 6.45) is 7.44. The average Bonchev–Trinajstić information content (AvgIpc) is 2.42. The highest BCUT2D eigenvalue weighted by Crippen LogP contribution is 2.26. The molecule has 0 unspecified atom stereocenters. The summed E-state index contributed by atoms with van der Waals surface area (Å²) in [5, 5.41) is 4.04. The van der Waals surface area contributed by atoms with Crippen LogP contribution in [0, 0.1) is 5.92 Å². The summed E-state index contributed by atoms with van der Waals surface area (Å²) in [5.74, 6) is 0.858. The van der Waals surface area contributed by atoms with Crippen LogP contribution in [0.15, 0.2) is 30.3 Å². The van der Waals surface area contributed by atoms with Crippen molar-refractivity contribution in [1.82, 2.24) is 5.32 Å². The van der Waals surface area contributed by atoms with E-state index >= 15 is 0 Å². The molecule has 1 N–H and O–H groups in total. The first kappa shape index (κ1) is 13.9. The Balaban J connectivity index is 1.51. The van der Waals surface area contributed by atoms with Crippen molar-refractivity contribution in [3.63, 3.8) is 0 Å². The zero-order valence-electron chi connectivity index (χ0n) is 11.1. The highest BCUT2D eigenvalue weighted by atomic mass is 35.5. The van der Waals surface area contributed by atoms with Gasteiger partial charge in [0.2, 0.25) is 0 Å². The van der Waals surface area contributed by atoms with Crippen molar-refractivity contribution in [2.24, 2.45) is 5.92 Å². The van der Waals surface area contributed by atoms with Gasteiger partial charge in [0.05, 0.1) is 0 Å². The largest absolute Gasteiger partial charge is 0.316 e. The van der Waals surface area contributed by atoms with E-state index in [9.17, 15) is 0 Å². The first-order valence-electron chi connectivity index (χ1n) is 7.23. The van der Waals surface area contributed by atoms with Gasteiger partial charge in [-0.2, -0.15) is 0 Å². The zero-order chi connectivity index (χ0) is 12.6. The molecule has 0 saturated heterocycles. The van der Waals surface area contributed by atoms with Gasteiger partial charge in [-0.1, -0.05) is 30.3 Å². The van der Waals surface area contributed by atoms with Gasteiger partial charge in [0, 0.05) is 5.38 Å². The fraction of sp³-hybridized carbons (Fsp3) is 0.625. The van der Waals surface area contributed by atoms with Crippen LogP contribution in [0.4, 0.5) is 0 Å². The predicted octanol–water partition coefficient (Wildman–Crippen LogP) is 4.01. The second-order valence-electron chi connectivity index (χ2n) is 5.41. The second kappa shape index (κ2) is 7.81. The molecule has 1 aliphatic rings. The van der Waals surface area contributed by atoms with Gasteiger partial charge in [0.1, 0.15) is 0 Å². The number of rotatable bonds is 6. The molecule has 1 aliphatic carbocycles. The summed E-state index contributed by atoms with van der Waals surface area (Å²) in [6, 6.07) is 10.7. The van der Waals surface area contributed by atoms with Crippen LogP contribution < -0.4 is 5.32 Å². The van der Waals surface area contributed by atoms with Crippen LogP contribution in [-0.2, 0) is 6.42 Å². The molecule has 0 bridgehead atoms. The first-order chi connectivity index (χ1) is 8.84. The maximum absolute atomic E-state index is 6.11. The third-order valence-corrected chi connectivity index (χ3v) is 4.31. The van der Waals surface area contributed by atoms with Crippen molar-refractivity contribution in [3.05, 3.63) is 35.9 Å². The van der Waals surface area contributed by atoms with Crippen molar-refractivity contribution in [3.8, 4) is 0 Å². The summed E-state index contributed by atoms with van der Waals surface area (Å²) < 4.78 is 0. The van der Waals surface area contributed by atoms with E-state index in [1.165, 1.54) is 50.6 Å². The summed E-state index contributed by atoms with van der Waals surface area (Å²) in [7, 11) is 0. The van der Waals surface area contributed by atoms with Crippen molar-refractivity contribution >= 4 is 11.6 Å². The van der Waals surface area contributed by atoms with Crippen LogP contribution in [0.3, 0.4) is 0 Å². The van der Waals surface area contributed by atoms with Crippen LogP contribution in [-0.4, -0.2) is 18.5 Å². The maximum atomic E-state index is 6.11. The SMILES string of the molecule is ClC1CCC(CNCCCc2ccccc2)CC1. The summed E-state index contributed by atoms with van der Waals surface area (Å²) in [6.45, 7) is 2.31. The Bertz CT molecular complexity index is 317. The minimum Gasteiger partial charge on any atom is -0.316 e. The van der Waals surface area contributed by atoms with Gasteiger partial charge in [-0.05, 0) is 63.1 Å². The van der Waals surface area contributed by atoms with E-state index in [1.807, 2.05) is 0 Å². The highest BCUT2D eigenvalue weighted by Gasteiger charge is 2.18. The van der Waals surface area contributed by atoms with Crippen LogP contribution in [0.25, 0.3) is 0 Å². The lowest BCUT2D eigenvalue weighted by Crippen LogP contribution is -2.27. The topological polar surface area (TPSA) is 12.0 Å². The number of alkyl halides is 1. The Hall–Kier alpha value is -0.530. The molecular formula is C16H24ClN. The Labute approximate surface area is 116 Å². The van der Waals surface area contributed by atoms with Gasteiger partial charge in [0.15, 0.2) is 0 Å². The predicted molar refractivity (Wildman–Crippen MR) is 79.2 cm³/mol. The average molecular weight is 266 g/mol. The molecule has 1 aromatic rings. The molecule has 1 fully saturated rings. The molecule has 1 aromatic carbocycles. The van der Waals surface area contributed by atoms with Crippen LogP contribution in [0.1, 0.15) is 37.7 Å². The van der Waals surface area contributed by atoms with E-state index in [1.54, 1.807) is 0 Å². The smallest absolute Gasteiger partial charge is 0.0336 e. The fourth-order valence-electron chi connectivity index (χ4n) is 2.69. The molecule has 1 nitrogen and oxygen atoms in total. The first-order valence-corrected chi connectivity index (χ1v) is 7.67. The van der Waals surface area contributed by atoms with Gasteiger partial charge >= 0.3 is 0 Å². The van der Waals surface area contributed by atoms with E-state index in [2.05, 4.69) is 35.6 Å². The molecule has 0 radical (unpaired) electrons. The zero-order valence-corrected chi connectivity index (χ0v) is 11.8. The fourth-order valence-corrected chi connectivity index (χ4v) is 2.95. The van der Waals surface area contributed by atoms with E-state index in [0.717, 1.165) is 12.5 Å². The Morgan fingerprint density at radius 3 is 2.50 bits per heavy atom. The van der Waals surface area contributed by atoms with Crippen molar-refractivity contribution in [2.75, 3.05) is 13.1 Å². The molecule has 0 aliphatic heterocycles. The number of hydrogen-bond donors (Lipinski definition) is 1. The molecule has 0 heterocycles. The Morgan fingerprint density at radius 1 is 1.06 bits per heavy atom. The van der Waals surface area contributed by atoms with Gasteiger partial charge in [-0.25, -0.2) is 0 Å². The molecule has 18 heavy (non-hydrogen) atoms. The Kier molecular flexibility index (Phi) is 6.02. The molecule has 0 atom stereocenters. The number of halogens is 1. The van der Waals surface area contributed by atoms with Crippen LogP contribution in [0.5, 0.6) is 0 Å². The molecule has 0 aromatic heterocycles. The number of aryl methyl sites for hydroxylation is 1. The molecular weight excluding hydrogens is 242 g/mol. The molecule has 1 saturated carbocycles. The minimum absolute atomic E-state index is 0.444. The Morgan fingerprint density at radius 2 is 1.78 bits per heavy atom. The normalized spacial score (nSPS) is 24.1. The van der Waals surface area contributed by atoms with Crippen molar-refractivity contribution < 1.29 is 0 Å². The van der Waals surface area contributed by atoms with Crippen LogP contribution in [0.2, 0.25) is 0 Å². The molecule has 0 spiro atoms. The third kappa shape index (κ3) is 4.99. The van der Waals surface area contributed by atoms with Crippen LogP contribution >= 0.6 is 11.6 Å². The summed E-state index contributed by atoms with van der Waals surface area (Å²) in [5.41, 5.74) is 1.45. The monoisotopic (exact) mass is 265 g/mol. The lowest BCUT2D eigenvalue weighted by Gasteiger charge is -2.25. The summed E-state index contributed by atoms with van der Waals surface area (Å²) in [4.78, 5) is 0. The number of benzene rings is 1. The third-order valence-electron chi connectivity index (χ3n) is 3.87. The van der Waals surface area contributed by atoms with E-state index in [-0.39, 0.29) is 0 Å². The van der Waals surface area contributed by atoms with Crippen molar-refractivity contribution in [1.29, 1.82) is 0 Å². The van der Waals surface area contributed by atoms with Gasteiger partial charge < -0.3 is 5.32 Å². The maximum Gasteiger partial charge on any atom is 0.0336 e. The number of nitrogens with one attached hydrogen (secondary N) is 1. The van der Waals surface area contributed by atoms with Gasteiger partial charge in [-0.3, -0.25) is 0 Å². The van der Waals surface area contributed by atoms with Gasteiger partial charge in [-0.15, -0.1) is 11.6 Å². The summed E-state index contributed by atoms with van der Waals surface area (Å²) >= 11 is 6.11. The molecule has 0 amide bonds.